The Morgan fingerprint density at radius 2 is 1.92 bits per heavy atom. The second kappa shape index (κ2) is 4.45. The van der Waals surface area contributed by atoms with Crippen molar-refractivity contribution in [2.24, 2.45) is 5.92 Å². The van der Waals surface area contributed by atoms with Crippen molar-refractivity contribution in [2.45, 2.75) is 20.3 Å². The van der Waals surface area contributed by atoms with E-state index in [-0.39, 0.29) is 6.54 Å². The lowest BCUT2D eigenvalue weighted by Crippen LogP contribution is -2.49. The van der Waals surface area contributed by atoms with Gasteiger partial charge in [0.1, 0.15) is 6.54 Å². The standard InChI is InChI=1S/C9H19NO2/c1-8(2)5-6-10(3,4)7-9(11)12/h8H,5-7H2,1-4H3. The highest BCUT2D eigenvalue weighted by atomic mass is 16.4. The Labute approximate surface area is 74.6 Å². The summed E-state index contributed by atoms with van der Waals surface area (Å²) in [7, 11) is 3.83. The van der Waals surface area contributed by atoms with Crippen LogP contribution in [0.15, 0.2) is 0 Å². The number of likely N-dealkylation sites (N-methyl/N-ethyl adjacent to an activating group) is 1. The third-order valence-corrected chi connectivity index (χ3v) is 1.87. The van der Waals surface area contributed by atoms with E-state index in [4.69, 9.17) is 0 Å². The summed E-state index contributed by atoms with van der Waals surface area (Å²) in [5, 5.41) is 10.3. The molecule has 0 radical (unpaired) electrons. The van der Waals surface area contributed by atoms with E-state index in [1.165, 1.54) is 0 Å². The van der Waals surface area contributed by atoms with Gasteiger partial charge in [0.25, 0.3) is 0 Å². The van der Waals surface area contributed by atoms with Crippen LogP contribution in [-0.2, 0) is 4.79 Å². The van der Waals surface area contributed by atoms with Crippen molar-refractivity contribution < 1.29 is 14.4 Å². The zero-order chi connectivity index (χ0) is 9.78. The number of rotatable bonds is 5. The Hall–Kier alpha value is -0.570. The number of aliphatic carboxylic acids is 1. The minimum absolute atomic E-state index is 0.104. The second-order valence-corrected chi connectivity index (χ2v) is 4.37. The molecule has 12 heavy (non-hydrogen) atoms. The maximum atomic E-state index is 10.3. The fourth-order valence-corrected chi connectivity index (χ4v) is 1.04. The highest BCUT2D eigenvalue weighted by molar-refractivity contribution is 5.65. The molecule has 3 heteroatoms. The van der Waals surface area contributed by atoms with Crippen molar-refractivity contribution in [1.29, 1.82) is 0 Å². The van der Waals surface area contributed by atoms with Gasteiger partial charge in [-0.1, -0.05) is 13.8 Å². The summed E-state index contributed by atoms with van der Waals surface area (Å²) >= 11 is 0. The predicted octanol–water partition coefficient (Wildman–Crippen LogP) is -0.141. The van der Waals surface area contributed by atoms with Crippen molar-refractivity contribution in [3.05, 3.63) is 0 Å². The maximum absolute atomic E-state index is 10.3. The van der Waals surface area contributed by atoms with Gasteiger partial charge in [0, 0.05) is 0 Å². The molecule has 0 amide bonds. The van der Waals surface area contributed by atoms with E-state index in [1.807, 2.05) is 14.1 Å². The number of quaternary nitrogens is 1. The van der Waals surface area contributed by atoms with Crippen LogP contribution in [0.4, 0.5) is 0 Å². The normalized spacial score (nSPS) is 12.1. The minimum Gasteiger partial charge on any atom is -0.544 e. The molecule has 0 heterocycles. The summed E-state index contributed by atoms with van der Waals surface area (Å²) in [5.41, 5.74) is 0. The molecule has 0 saturated carbocycles. The molecule has 0 aliphatic heterocycles. The molecule has 0 aliphatic rings. The van der Waals surface area contributed by atoms with E-state index >= 15 is 0 Å². The number of hydrogen-bond acceptors (Lipinski definition) is 2. The lowest BCUT2D eigenvalue weighted by atomic mass is 10.1. The molecule has 0 aromatic rings. The van der Waals surface area contributed by atoms with Crippen LogP contribution in [0.25, 0.3) is 0 Å². The van der Waals surface area contributed by atoms with Gasteiger partial charge in [-0.05, 0) is 12.3 Å². The molecule has 0 unspecified atom stereocenters. The summed E-state index contributed by atoms with van der Waals surface area (Å²) in [5.74, 6) is -0.340. The van der Waals surface area contributed by atoms with E-state index in [0.29, 0.717) is 10.4 Å². The van der Waals surface area contributed by atoms with Crippen LogP contribution >= 0.6 is 0 Å². The average Bonchev–Trinajstić information content (AvgIpc) is 1.81. The van der Waals surface area contributed by atoms with Gasteiger partial charge in [0.05, 0.1) is 26.6 Å². The van der Waals surface area contributed by atoms with E-state index in [2.05, 4.69) is 13.8 Å². The molecule has 0 rings (SSSR count). The van der Waals surface area contributed by atoms with Crippen LogP contribution in [0.2, 0.25) is 0 Å². The van der Waals surface area contributed by atoms with Gasteiger partial charge in [0.15, 0.2) is 0 Å². The fraction of sp³-hybridized carbons (Fsp3) is 0.889. The first kappa shape index (κ1) is 11.4. The van der Waals surface area contributed by atoms with Crippen molar-refractivity contribution in [2.75, 3.05) is 27.2 Å². The highest BCUT2D eigenvalue weighted by Gasteiger charge is 2.15. The van der Waals surface area contributed by atoms with Crippen molar-refractivity contribution in [1.82, 2.24) is 0 Å². The number of nitrogens with zero attached hydrogens (tertiary/aromatic N) is 1. The van der Waals surface area contributed by atoms with Crippen molar-refractivity contribution >= 4 is 5.97 Å². The Morgan fingerprint density at radius 1 is 1.42 bits per heavy atom. The quantitative estimate of drug-likeness (QED) is 0.543. The molecule has 0 aliphatic carbocycles. The molecule has 0 bridgehead atoms. The molecule has 3 nitrogen and oxygen atoms in total. The summed E-state index contributed by atoms with van der Waals surface area (Å²) in [4.78, 5) is 10.3. The van der Waals surface area contributed by atoms with E-state index in [9.17, 15) is 9.90 Å². The third kappa shape index (κ3) is 6.16. The Balaban J connectivity index is 3.78. The SMILES string of the molecule is CC(C)CC[N+](C)(C)CC(=O)[O-]. The lowest BCUT2D eigenvalue weighted by molar-refractivity contribution is -0.885. The first-order valence-corrected chi connectivity index (χ1v) is 4.35. The molecule has 72 valence electrons. The first-order valence-electron chi connectivity index (χ1n) is 4.35. The van der Waals surface area contributed by atoms with Gasteiger partial charge in [-0.2, -0.15) is 0 Å². The molecule has 0 saturated heterocycles. The van der Waals surface area contributed by atoms with Crippen LogP contribution < -0.4 is 5.11 Å². The number of hydrogen-bond donors (Lipinski definition) is 0. The van der Waals surface area contributed by atoms with Gasteiger partial charge in [-0.15, -0.1) is 0 Å². The first-order chi connectivity index (χ1) is 5.33. The van der Waals surface area contributed by atoms with Crippen LogP contribution in [0.3, 0.4) is 0 Å². The van der Waals surface area contributed by atoms with Gasteiger partial charge in [-0.3, -0.25) is 0 Å². The van der Waals surface area contributed by atoms with Crippen LogP contribution in [-0.4, -0.2) is 37.6 Å². The average molecular weight is 173 g/mol. The molecule has 0 N–H and O–H groups in total. The van der Waals surface area contributed by atoms with Crippen LogP contribution in [0, 0.1) is 5.92 Å². The Kier molecular flexibility index (Phi) is 4.24. The molecule has 0 spiro atoms. The number of carboxylic acid groups (broad SMARTS) is 1. The lowest BCUT2D eigenvalue weighted by Gasteiger charge is -2.30. The molecule has 0 aromatic heterocycles. The predicted molar refractivity (Wildman–Crippen MR) is 46.3 cm³/mol. The smallest absolute Gasteiger partial charge is 0.119 e. The van der Waals surface area contributed by atoms with Gasteiger partial charge < -0.3 is 14.4 Å². The monoisotopic (exact) mass is 173 g/mol. The topological polar surface area (TPSA) is 40.1 Å². The Morgan fingerprint density at radius 3 is 2.25 bits per heavy atom. The van der Waals surface area contributed by atoms with Crippen molar-refractivity contribution in [3.8, 4) is 0 Å². The van der Waals surface area contributed by atoms with Crippen LogP contribution in [0.1, 0.15) is 20.3 Å². The minimum atomic E-state index is -0.969. The second-order valence-electron chi connectivity index (χ2n) is 4.37. The largest absolute Gasteiger partial charge is 0.544 e. The summed E-state index contributed by atoms with van der Waals surface area (Å²) in [6, 6.07) is 0. The van der Waals surface area contributed by atoms with Gasteiger partial charge >= 0.3 is 0 Å². The maximum Gasteiger partial charge on any atom is 0.119 e. The fourth-order valence-electron chi connectivity index (χ4n) is 1.04. The molecular formula is C9H19NO2. The van der Waals surface area contributed by atoms with E-state index in [0.717, 1.165) is 13.0 Å². The third-order valence-electron chi connectivity index (χ3n) is 1.87. The number of carbonyl (C=O) groups is 1. The Bertz CT molecular complexity index is 153. The summed E-state index contributed by atoms with van der Waals surface area (Å²) < 4.78 is 0.514. The molecular weight excluding hydrogens is 154 g/mol. The number of carbonyl (C=O) groups excluding carboxylic acids is 1. The molecule has 0 fully saturated rings. The van der Waals surface area contributed by atoms with Crippen LogP contribution in [0.5, 0.6) is 0 Å². The number of carboxylic acids is 1. The van der Waals surface area contributed by atoms with Gasteiger partial charge in [0.2, 0.25) is 0 Å². The molecule has 0 aromatic carbocycles. The zero-order valence-electron chi connectivity index (χ0n) is 8.46. The zero-order valence-corrected chi connectivity index (χ0v) is 8.46. The highest BCUT2D eigenvalue weighted by Crippen LogP contribution is 2.05. The molecule has 0 atom stereocenters. The van der Waals surface area contributed by atoms with Gasteiger partial charge in [-0.25, -0.2) is 0 Å². The van der Waals surface area contributed by atoms with E-state index in [1.54, 1.807) is 0 Å². The summed E-state index contributed by atoms with van der Waals surface area (Å²) in [6.45, 7) is 5.27. The van der Waals surface area contributed by atoms with Crippen molar-refractivity contribution in [3.63, 3.8) is 0 Å². The summed E-state index contributed by atoms with van der Waals surface area (Å²) in [6.07, 6.45) is 1.06. The van der Waals surface area contributed by atoms with E-state index < -0.39 is 5.97 Å².